The molecule has 1 saturated heterocycles. The lowest BCUT2D eigenvalue weighted by Crippen LogP contribution is -2.18. The Bertz CT molecular complexity index is 471. The molecule has 0 amide bonds. The zero-order valence-corrected chi connectivity index (χ0v) is 9.76. The van der Waals surface area contributed by atoms with Crippen molar-refractivity contribution < 1.29 is 0 Å². The molecule has 0 unspecified atom stereocenters. The van der Waals surface area contributed by atoms with Crippen LogP contribution in [0.25, 0.3) is 11.3 Å². The highest BCUT2D eigenvalue weighted by molar-refractivity contribution is 5.61. The van der Waals surface area contributed by atoms with Crippen LogP contribution in [0.15, 0.2) is 30.7 Å². The molecule has 3 rings (SSSR count). The molecule has 1 fully saturated rings. The fraction of sp³-hybridized carbons (Fsp3) is 0.385. The van der Waals surface area contributed by atoms with Crippen molar-refractivity contribution in [3.8, 4) is 11.3 Å². The van der Waals surface area contributed by atoms with Gasteiger partial charge in [0.25, 0.3) is 0 Å². The van der Waals surface area contributed by atoms with Crippen molar-refractivity contribution in [1.82, 2.24) is 20.1 Å². The summed E-state index contributed by atoms with van der Waals surface area (Å²) in [7, 11) is 0. The summed E-state index contributed by atoms with van der Waals surface area (Å²) in [6, 6.07) is 4.02. The molecule has 2 aromatic rings. The number of rotatable bonds is 3. The third kappa shape index (κ3) is 2.22. The average Bonchev–Trinajstić information content (AvgIpc) is 3.02. The monoisotopic (exact) mass is 228 g/mol. The van der Waals surface area contributed by atoms with Gasteiger partial charge in [-0.3, -0.25) is 15.0 Å². The predicted molar refractivity (Wildman–Crippen MR) is 66.3 cm³/mol. The Balaban J connectivity index is 1.84. The van der Waals surface area contributed by atoms with E-state index in [-0.39, 0.29) is 0 Å². The van der Waals surface area contributed by atoms with Crippen LogP contribution in [-0.2, 0) is 6.54 Å². The van der Waals surface area contributed by atoms with Gasteiger partial charge in [0.15, 0.2) is 0 Å². The summed E-state index contributed by atoms with van der Waals surface area (Å²) in [4.78, 5) is 6.63. The summed E-state index contributed by atoms with van der Waals surface area (Å²) in [6.45, 7) is 3.40. The average molecular weight is 228 g/mol. The molecular weight excluding hydrogens is 212 g/mol. The molecule has 88 valence electrons. The quantitative estimate of drug-likeness (QED) is 0.874. The van der Waals surface area contributed by atoms with Crippen LogP contribution >= 0.6 is 0 Å². The molecule has 0 aliphatic carbocycles. The SMILES string of the molecule is c1cncc(-c2[nH]ncc2CN2CCCC2)c1. The minimum Gasteiger partial charge on any atom is -0.299 e. The summed E-state index contributed by atoms with van der Waals surface area (Å²) in [6.07, 6.45) is 8.24. The van der Waals surface area contributed by atoms with Crippen LogP contribution in [0.4, 0.5) is 0 Å². The Morgan fingerprint density at radius 3 is 2.88 bits per heavy atom. The highest BCUT2D eigenvalue weighted by atomic mass is 15.2. The van der Waals surface area contributed by atoms with Gasteiger partial charge in [0.1, 0.15) is 0 Å². The van der Waals surface area contributed by atoms with E-state index in [4.69, 9.17) is 0 Å². The number of aromatic nitrogens is 3. The molecule has 0 atom stereocenters. The maximum absolute atomic E-state index is 4.16. The van der Waals surface area contributed by atoms with E-state index in [0.717, 1.165) is 17.8 Å². The Hall–Kier alpha value is -1.68. The van der Waals surface area contributed by atoms with Crippen molar-refractivity contribution in [3.63, 3.8) is 0 Å². The smallest absolute Gasteiger partial charge is 0.0710 e. The molecule has 0 aromatic carbocycles. The maximum Gasteiger partial charge on any atom is 0.0710 e. The number of nitrogens with one attached hydrogen (secondary N) is 1. The van der Waals surface area contributed by atoms with Crippen molar-refractivity contribution in [2.45, 2.75) is 19.4 Å². The minimum atomic E-state index is 0.987. The van der Waals surface area contributed by atoms with Crippen molar-refractivity contribution in [3.05, 3.63) is 36.3 Å². The second-order valence-corrected chi connectivity index (χ2v) is 4.50. The Kier molecular flexibility index (Phi) is 2.88. The first-order valence-electron chi connectivity index (χ1n) is 6.08. The molecule has 3 heterocycles. The molecule has 17 heavy (non-hydrogen) atoms. The first kappa shape index (κ1) is 10.5. The number of hydrogen-bond acceptors (Lipinski definition) is 3. The predicted octanol–water partition coefficient (Wildman–Crippen LogP) is 2.07. The topological polar surface area (TPSA) is 44.8 Å². The van der Waals surface area contributed by atoms with E-state index in [1.165, 1.54) is 31.5 Å². The second-order valence-electron chi connectivity index (χ2n) is 4.50. The lowest BCUT2D eigenvalue weighted by atomic mass is 10.1. The van der Waals surface area contributed by atoms with Crippen LogP contribution in [0.1, 0.15) is 18.4 Å². The fourth-order valence-corrected chi connectivity index (χ4v) is 2.37. The number of pyridine rings is 1. The Morgan fingerprint density at radius 2 is 2.12 bits per heavy atom. The van der Waals surface area contributed by atoms with Gasteiger partial charge in [0, 0.05) is 30.1 Å². The highest BCUT2D eigenvalue weighted by Crippen LogP contribution is 2.22. The van der Waals surface area contributed by atoms with E-state index in [9.17, 15) is 0 Å². The highest BCUT2D eigenvalue weighted by Gasteiger charge is 2.15. The molecule has 2 aromatic heterocycles. The van der Waals surface area contributed by atoms with Crippen molar-refractivity contribution in [2.75, 3.05) is 13.1 Å². The van der Waals surface area contributed by atoms with Crippen LogP contribution in [-0.4, -0.2) is 33.2 Å². The van der Waals surface area contributed by atoms with E-state index < -0.39 is 0 Å². The lowest BCUT2D eigenvalue weighted by molar-refractivity contribution is 0.332. The van der Waals surface area contributed by atoms with Crippen LogP contribution < -0.4 is 0 Å². The molecule has 0 bridgehead atoms. The Morgan fingerprint density at radius 1 is 1.24 bits per heavy atom. The van der Waals surface area contributed by atoms with Crippen molar-refractivity contribution in [1.29, 1.82) is 0 Å². The molecule has 1 N–H and O–H groups in total. The van der Waals surface area contributed by atoms with Crippen LogP contribution in [0.2, 0.25) is 0 Å². The molecule has 0 radical (unpaired) electrons. The number of nitrogens with zero attached hydrogens (tertiary/aromatic N) is 3. The second kappa shape index (κ2) is 4.67. The normalized spacial score (nSPS) is 16.5. The van der Waals surface area contributed by atoms with Gasteiger partial charge in [0.05, 0.1) is 11.9 Å². The standard InChI is InChI=1S/C13H16N4/c1-2-7-17(6-1)10-12-9-15-16-13(12)11-4-3-5-14-8-11/h3-5,8-9H,1-2,6-7,10H2,(H,15,16). The summed E-state index contributed by atoms with van der Waals surface area (Å²) >= 11 is 0. The van der Waals surface area contributed by atoms with Gasteiger partial charge in [-0.2, -0.15) is 5.10 Å². The first-order chi connectivity index (χ1) is 8.43. The minimum absolute atomic E-state index is 0.987. The summed E-state index contributed by atoms with van der Waals surface area (Å²) in [5.74, 6) is 0. The zero-order valence-electron chi connectivity index (χ0n) is 9.76. The third-order valence-electron chi connectivity index (χ3n) is 3.26. The van der Waals surface area contributed by atoms with E-state index in [1.54, 1.807) is 6.20 Å². The number of hydrogen-bond donors (Lipinski definition) is 1. The van der Waals surface area contributed by atoms with E-state index >= 15 is 0 Å². The van der Waals surface area contributed by atoms with Gasteiger partial charge in [0.2, 0.25) is 0 Å². The van der Waals surface area contributed by atoms with Crippen LogP contribution in [0.5, 0.6) is 0 Å². The molecule has 4 heteroatoms. The lowest BCUT2D eigenvalue weighted by Gasteiger charge is -2.14. The van der Waals surface area contributed by atoms with Gasteiger partial charge in [-0.1, -0.05) is 0 Å². The number of likely N-dealkylation sites (tertiary alicyclic amines) is 1. The molecule has 4 nitrogen and oxygen atoms in total. The summed E-state index contributed by atoms with van der Waals surface area (Å²) in [5, 5.41) is 7.24. The van der Waals surface area contributed by atoms with Crippen LogP contribution in [0, 0.1) is 0 Å². The van der Waals surface area contributed by atoms with E-state index in [0.29, 0.717) is 0 Å². The fourth-order valence-electron chi connectivity index (χ4n) is 2.37. The van der Waals surface area contributed by atoms with Crippen molar-refractivity contribution >= 4 is 0 Å². The van der Waals surface area contributed by atoms with Crippen LogP contribution in [0.3, 0.4) is 0 Å². The third-order valence-corrected chi connectivity index (χ3v) is 3.26. The summed E-state index contributed by atoms with van der Waals surface area (Å²) < 4.78 is 0. The van der Waals surface area contributed by atoms with Gasteiger partial charge >= 0.3 is 0 Å². The molecule has 1 aliphatic rings. The van der Waals surface area contributed by atoms with Crippen molar-refractivity contribution in [2.24, 2.45) is 0 Å². The van der Waals surface area contributed by atoms with Gasteiger partial charge in [-0.05, 0) is 38.1 Å². The first-order valence-corrected chi connectivity index (χ1v) is 6.08. The molecular formula is C13H16N4. The molecule has 1 aliphatic heterocycles. The number of aromatic amines is 1. The Labute approximate surface area is 101 Å². The van der Waals surface area contributed by atoms with Gasteiger partial charge in [-0.15, -0.1) is 0 Å². The van der Waals surface area contributed by atoms with E-state index in [1.807, 2.05) is 18.5 Å². The van der Waals surface area contributed by atoms with Gasteiger partial charge < -0.3 is 0 Å². The largest absolute Gasteiger partial charge is 0.299 e. The zero-order chi connectivity index (χ0) is 11.5. The molecule has 0 spiro atoms. The number of H-pyrrole nitrogens is 1. The summed E-state index contributed by atoms with van der Waals surface area (Å²) in [5.41, 5.74) is 3.48. The van der Waals surface area contributed by atoms with E-state index in [2.05, 4.69) is 26.1 Å². The molecule has 0 saturated carbocycles. The maximum atomic E-state index is 4.16. The van der Waals surface area contributed by atoms with Gasteiger partial charge in [-0.25, -0.2) is 0 Å².